The molecule has 0 aliphatic carbocycles. The Balaban J connectivity index is 1.93. The van der Waals surface area contributed by atoms with E-state index in [0.717, 1.165) is 11.6 Å². The van der Waals surface area contributed by atoms with Gasteiger partial charge in [-0.1, -0.05) is 37.1 Å². The van der Waals surface area contributed by atoms with Gasteiger partial charge in [-0.05, 0) is 62.5 Å². The number of benzene rings is 1. The van der Waals surface area contributed by atoms with Gasteiger partial charge in [-0.15, -0.1) is 0 Å². The third-order valence-corrected chi connectivity index (χ3v) is 4.67. The van der Waals surface area contributed by atoms with Gasteiger partial charge in [0.15, 0.2) is 0 Å². The van der Waals surface area contributed by atoms with Crippen LogP contribution in [0.2, 0.25) is 5.02 Å². The summed E-state index contributed by atoms with van der Waals surface area (Å²) >= 11 is 5.95. The lowest BCUT2D eigenvalue weighted by Gasteiger charge is -2.40. The minimum atomic E-state index is 0.515. The zero-order chi connectivity index (χ0) is 14.4. The Morgan fingerprint density at radius 3 is 2.45 bits per heavy atom. The Hall–Kier alpha value is -0.570. The minimum Gasteiger partial charge on any atom is -0.317 e. The molecule has 1 fully saturated rings. The quantitative estimate of drug-likeness (QED) is 0.855. The molecular formula is C17H27ClN2. The largest absolute Gasteiger partial charge is 0.317 e. The molecule has 1 aliphatic rings. The fourth-order valence-electron chi connectivity index (χ4n) is 3.50. The van der Waals surface area contributed by atoms with Crippen molar-refractivity contribution in [1.82, 2.24) is 10.2 Å². The number of nitrogens with one attached hydrogen (secondary N) is 1. The summed E-state index contributed by atoms with van der Waals surface area (Å²) < 4.78 is 0. The van der Waals surface area contributed by atoms with Crippen LogP contribution in [0.1, 0.15) is 38.2 Å². The summed E-state index contributed by atoms with van der Waals surface area (Å²) in [7, 11) is 2.24. The fourth-order valence-corrected chi connectivity index (χ4v) is 3.63. The maximum absolute atomic E-state index is 5.95. The number of rotatable bonds is 6. The Morgan fingerprint density at radius 2 is 1.85 bits per heavy atom. The molecule has 0 radical (unpaired) electrons. The van der Waals surface area contributed by atoms with E-state index in [1.807, 2.05) is 12.1 Å². The molecule has 3 heteroatoms. The van der Waals surface area contributed by atoms with E-state index in [1.54, 1.807) is 0 Å². The first-order valence-corrected chi connectivity index (χ1v) is 8.15. The predicted octanol–water partition coefficient (Wildman–Crippen LogP) is 3.94. The summed E-state index contributed by atoms with van der Waals surface area (Å²) in [6.07, 6.45) is 5.26. The van der Waals surface area contributed by atoms with Crippen LogP contribution in [0.4, 0.5) is 0 Å². The Morgan fingerprint density at radius 1 is 1.20 bits per heavy atom. The van der Waals surface area contributed by atoms with Crippen molar-refractivity contribution in [2.45, 2.75) is 39.2 Å². The lowest BCUT2D eigenvalue weighted by atomic mass is 9.75. The summed E-state index contributed by atoms with van der Waals surface area (Å²) in [5, 5.41) is 4.31. The zero-order valence-corrected chi connectivity index (χ0v) is 13.5. The Kier molecular flexibility index (Phi) is 5.88. The van der Waals surface area contributed by atoms with E-state index in [9.17, 15) is 0 Å². The smallest absolute Gasteiger partial charge is 0.0406 e. The molecule has 1 aromatic rings. The van der Waals surface area contributed by atoms with Crippen LogP contribution < -0.4 is 5.32 Å². The van der Waals surface area contributed by atoms with E-state index in [-0.39, 0.29) is 0 Å². The van der Waals surface area contributed by atoms with Crippen molar-refractivity contribution in [2.75, 3.05) is 26.7 Å². The molecule has 0 aromatic heterocycles. The normalized spacial score (nSPS) is 18.4. The Bertz CT molecular complexity index is 390. The van der Waals surface area contributed by atoms with Crippen LogP contribution in [0.25, 0.3) is 0 Å². The van der Waals surface area contributed by atoms with E-state index >= 15 is 0 Å². The van der Waals surface area contributed by atoms with Crippen LogP contribution in [0.15, 0.2) is 24.3 Å². The molecule has 0 unspecified atom stereocenters. The van der Waals surface area contributed by atoms with Crippen molar-refractivity contribution in [3.63, 3.8) is 0 Å². The summed E-state index contributed by atoms with van der Waals surface area (Å²) in [5.41, 5.74) is 1.86. The monoisotopic (exact) mass is 294 g/mol. The van der Waals surface area contributed by atoms with Crippen molar-refractivity contribution in [3.05, 3.63) is 34.9 Å². The second kappa shape index (κ2) is 7.44. The van der Waals surface area contributed by atoms with Crippen molar-refractivity contribution in [3.8, 4) is 0 Å². The van der Waals surface area contributed by atoms with Crippen LogP contribution in [-0.2, 0) is 6.54 Å². The molecule has 1 aliphatic heterocycles. The fraction of sp³-hybridized carbons (Fsp3) is 0.647. The number of nitrogens with zero attached hydrogens (tertiary/aromatic N) is 1. The van der Waals surface area contributed by atoms with Gasteiger partial charge < -0.3 is 10.2 Å². The van der Waals surface area contributed by atoms with Crippen molar-refractivity contribution < 1.29 is 0 Å². The maximum atomic E-state index is 5.95. The first kappa shape index (κ1) is 15.8. The molecule has 112 valence electrons. The standard InChI is InChI=1S/C17H27ClN2/c1-3-8-17(9-11-19-12-10-17)14-20(2)13-15-4-6-16(18)7-5-15/h4-7,19H,3,8-14H2,1-2H3. The van der Waals surface area contributed by atoms with Gasteiger partial charge >= 0.3 is 0 Å². The van der Waals surface area contributed by atoms with Crippen LogP contribution >= 0.6 is 11.6 Å². The molecule has 1 heterocycles. The van der Waals surface area contributed by atoms with Gasteiger partial charge in [0, 0.05) is 18.1 Å². The molecule has 2 nitrogen and oxygen atoms in total. The average molecular weight is 295 g/mol. The number of halogens is 1. The van der Waals surface area contributed by atoms with Crippen molar-refractivity contribution >= 4 is 11.6 Å². The van der Waals surface area contributed by atoms with Gasteiger partial charge in [-0.3, -0.25) is 0 Å². The highest BCUT2D eigenvalue weighted by atomic mass is 35.5. The molecule has 20 heavy (non-hydrogen) atoms. The first-order valence-electron chi connectivity index (χ1n) is 7.77. The van der Waals surface area contributed by atoms with E-state index in [0.29, 0.717) is 5.41 Å². The molecule has 0 atom stereocenters. The van der Waals surface area contributed by atoms with Gasteiger partial charge in [-0.2, -0.15) is 0 Å². The van der Waals surface area contributed by atoms with E-state index < -0.39 is 0 Å². The van der Waals surface area contributed by atoms with Crippen molar-refractivity contribution in [1.29, 1.82) is 0 Å². The summed E-state index contributed by atoms with van der Waals surface area (Å²) in [5.74, 6) is 0. The third-order valence-electron chi connectivity index (χ3n) is 4.42. The van der Waals surface area contributed by atoms with Gasteiger partial charge in [0.25, 0.3) is 0 Å². The summed E-state index contributed by atoms with van der Waals surface area (Å²) in [4.78, 5) is 2.48. The van der Waals surface area contributed by atoms with Gasteiger partial charge in [-0.25, -0.2) is 0 Å². The highest BCUT2D eigenvalue weighted by Crippen LogP contribution is 2.35. The van der Waals surface area contributed by atoms with E-state index in [1.165, 1.54) is 50.9 Å². The Labute approximate surface area is 128 Å². The topological polar surface area (TPSA) is 15.3 Å². The lowest BCUT2D eigenvalue weighted by Crippen LogP contribution is -2.43. The van der Waals surface area contributed by atoms with Gasteiger partial charge in [0.2, 0.25) is 0 Å². The molecule has 0 bridgehead atoms. The van der Waals surface area contributed by atoms with Gasteiger partial charge in [0.1, 0.15) is 0 Å². The molecule has 1 N–H and O–H groups in total. The molecule has 1 aromatic carbocycles. The molecule has 0 amide bonds. The highest BCUT2D eigenvalue weighted by Gasteiger charge is 2.32. The summed E-state index contributed by atoms with van der Waals surface area (Å²) in [6, 6.07) is 8.23. The zero-order valence-electron chi connectivity index (χ0n) is 12.8. The lowest BCUT2D eigenvalue weighted by molar-refractivity contribution is 0.112. The van der Waals surface area contributed by atoms with E-state index in [4.69, 9.17) is 11.6 Å². The minimum absolute atomic E-state index is 0.515. The molecular weight excluding hydrogens is 268 g/mol. The molecule has 0 spiro atoms. The van der Waals surface area contributed by atoms with Crippen LogP contribution in [0.5, 0.6) is 0 Å². The first-order chi connectivity index (χ1) is 9.63. The highest BCUT2D eigenvalue weighted by molar-refractivity contribution is 6.30. The second-order valence-electron chi connectivity index (χ2n) is 6.30. The van der Waals surface area contributed by atoms with Crippen LogP contribution in [0, 0.1) is 5.41 Å². The number of hydrogen-bond acceptors (Lipinski definition) is 2. The van der Waals surface area contributed by atoms with Crippen LogP contribution in [-0.4, -0.2) is 31.6 Å². The van der Waals surface area contributed by atoms with E-state index in [2.05, 4.69) is 36.3 Å². The summed E-state index contributed by atoms with van der Waals surface area (Å²) in [6.45, 7) is 6.87. The molecule has 0 saturated carbocycles. The SMILES string of the molecule is CCCC1(CN(C)Cc2ccc(Cl)cc2)CCNCC1. The molecule has 1 saturated heterocycles. The second-order valence-corrected chi connectivity index (χ2v) is 6.74. The average Bonchev–Trinajstić information content (AvgIpc) is 2.42. The predicted molar refractivity (Wildman–Crippen MR) is 87.2 cm³/mol. The van der Waals surface area contributed by atoms with Crippen molar-refractivity contribution in [2.24, 2.45) is 5.41 Å². The molecule has 2 rings (SSSR count). The number of hydrogen-bond donors (Lipinski definition) is 1. The third kappa shape index (κ3) is 4.47. The number of piperidine rings is 1. The maximum Gasteiger partial charge on any atom is 0.0406 e. The van der Waals surface area contributed by atoms with Crippen LogP contribution in [0.3, 0.4) is 0 Å². The van der Waals surface area contributed by atoms with Gasteiger partial charge in [0.05, 0.1) is 0 Å².